The van der Waals surface area contributed by atoms with Crippen molar-refractivity contribution < 1.29 is 17.9 Å². The smallest absolute Gasteiger partial charge is 0.416 e. The molecular weight excluding hydrogens is 585 g/mol. The van der Waals surface area contributed by atoms with E-state index in [0.717, 1.165) is 10.3 Å². The van der Waals surface area contributed by atoms with Gasteiger partial charge in [0.05, 0.1) is 22.6 Å². The summed E-state index contributed by atoms with van der Waals surface area (Å²) in [6, 6.07) is 6.03. The van der Waals surface area contributed by atoms with Crippen LogP contribution in [0.15, 0.2) is 55.9 Å². The number of thiophene rings is 1. The molecule has 0 bridgehead atoms. The number of rotatable bonds is 4. The zero-order chi connectivity index (χ0) is 28.2. The maximum atomic E-state index is 14.4. The zero-order valence-corrected chi connectivity index (χ0v) is 24.0. The van der Waals surface area contributed by atoms with Crippen LogP contribution in [0, 0.1) is 0 Å². The maximum absolute atomic E-state index is 14.4. The van der Waals surface area contributed by atoms with E-state index in [2.05, 4.69) is 20.3 Å². The molecule has 0 saturated carbocycles. The Morgan fingerprint density at radius 2 is 1.85 bits per heavy atom. The Morgan fingerprint density at radius 3 is 2.50 bits per heavy atom. The Bertz CT molecular complexity index is 1610. The van der Waals surface area contributed by atoms with Crippen molar-refractivity contribution in [1.29, 1.82) is 0 Å². The van der Waals surface area contributed by atoms with Crippen molar-refractivity contribution in [1.82, 2.24) is 24.8 Å². The highest BCUT2D eigenvalue weighted by Crippen LogP contribution is 2.54. The molecular formula is C26H26ClF3N6O2S2. The van der Waals surface area contributed by atoms with Gasteiger partial charge in [-0.15, -0.1) is 11.3 Å². The molecule has 0 radical (unpaired) electrons. The SMILES string of the molecule is C[C@@H]1CN(c2nc(=O)n3c4c(cc(C(F)(F)F)cc24)[SH](c2cc(Cl)cs2)C[C@@H](Oc2ncccn2)C3)C[C@H](C)N1. The summed E-state index contributed by atoms with van der Waals surface area (Å²) in [7, 11) is -1.40. The van der Waals surface area contributed by atoms with Crippen molar-refractivity contribution in [3.05, 3.63) is 63.1 Å². The van der Waals surface area contributed by atoms with Gasteiger partial charge in [-0.25, -0.2) is 14.8 Å². The molecule has 1 fully saturated rings. The minimum absolute atomic E-state index is 0.0676. The molecule has 0 spiro atoms. The average molecular weight is 611 g/mol. The second-order valence-corrected chi connectivity index (χ2v) is 13.9. The summed E-state index contributed by atoms with van der Waals surface area (Å²) in [5.41, 5.74) is -0.857. The number of halogens is 4. The van der Waals surface area contributed by atoms with Crippen LogP contribution in [0.25, 0.3) is 10.9 Å². The summed E-state index contributed by atoms with van der Waals surface area (Å²) in [4.78, 5) is 28.7. The molecule has 212 valence electrons. The molecule has 6 rings (SSSR count). The van der Waals surface area contributed by atoms with Gasteiger partial charge >= 0.3 is 17.9 Å². The monoisotopic (exact) mass is 610 g/mol. The fourth-order valence-electron chi connectivity index (χ4n) is 5.45. The number of hydrogen-bond acceptors (Lipinski definition) is 8. The van der Waals surface area contributed by atoms with E-state index < -0.39 is 34.4 Å². The lowest BCUT2D eigenvalue weighted by Crippen LogP contribution is -2.55. The van der Waals surface area contributed by atoms with Crippen LogP contribution in [0.4, 0.5) is 19.0 Å². The number of nitrogens with zero attached hydrogens (tertiary/aromatic N) is 5. The number of anilines is 1. The molecule has 1 aromatic carbocycles. The van der Waals surface area contributed by atoms with Gasteiger partial charge in [0.25, 0.3) is 0 Å². The molecule has 0 amide bonds. The van der Waals surface area contributed by atoms with E-state index in [1.807, 2.05) is 18.7 Å². The molecule has 4 atom stereocenters. The van der Waals surface area contributed by atoms with Crippen LogP contribution in [0.2, 0.25) is 5.02 Å². The largest absolute Gasteiger partial charge is 0.457 e. The van der Waals surface area contributed by atoms with Gasteiger partial charge in [-0.3, -0.25) is 4.57 Å². The van der Waals surface area contributed by atoms with Gasteiger partial charge in [-0.1, -0.05) is 11.6 Å². The second kappa shape index (κ2) is 10.5. The summed E-state index contributed by atoms with van der Waals surface area (Å²) in [5, 5.41) is 6.00. The topological polar surface area (TPSA) is 85.2 Å². The number of thiol groups is 1. The molecule has 5 heterocycles. The van der Waals surface area contributed by atoms with E-state index in [1.54, 1.807) is 29.9 Å². The van der Waals surface area contributed by atoms with E-state index in [0.29, 0.717) is 39.7 Å². The Labute approximate surface area is 239 Å². The lowest BCUT2D eigenvalue weighted by atomic mass is 10.1. The summed E-state index contributed by atoms with van der Waals surface area (Å²) in [6.45, 7) is 5.10. The van der Waals surface area contributed by atoms with Gasteiger partial charge in [0, 0.05) is 63.2 Å². The van der Waals surface area contributed by atoms with Crippen LogP contribution in [0.1, 0.15) is 19.4 Å². The maximum Gasteiger partial charge on any atom is 0.416 e. The number of ether oxygens (including phenoxy) is 1. The molecule has 4 aromatic rings. The molecule has 1 unspecified atom stereocenters. The van der Waals surface area contributed by atoms with E-state index in [-0.39, 0.29) is 30.5 Å². The van der Waals surface area contributed by atoms with Gasteiger partial charge in [0.2, 0.25) is 0 Å². The minimum atomic E-state index is -4.60. The van der Waals surface area contributed by atoms with Gasteiger partial charge in [0.15, 0.2) is 0 Å². The number of benzene rings is 1. The van der Waals surface area contributed by atoms with E-state index in [9.17, 15) is 18.0 Å². The number of alkyl halides is 3. The molecule has 40 heavy (non-hydrogen) atoms. The van der Waals surface area contributed by atoms with Crippen molar-refractivity contribution in [2.75, 3.05) is 23.7 Å². The summed E-state index contributed by atoms with van der Waals surface area (Å²) in [5.74, 6) is 0.618. The second-order valence-electron chi connectivity index (χ2n) is 10.1. The lowest BCUT2D eigenvalue weighted by Gasteiger charge is -2.37. The van der Waals surface area contributed by atoms with Crippen molar-refractivity contribution in [2.24, 2.45) is 0 Å². The molecule has 2 aliphatic heterocycles. The van der Waals surface area contributed by atoms with Gasteiger partial charge in [0.1, 0.15) is 11.9 Å². The molecule has 3 aromatic heterocycles. The van der Waals surface area contributed by atoms with Crippen LogP contribution in [0.3, 0.4) is 0 Å². The Morgan fingerprint density at radius 1 is 1.12 bits per heavy atom. The first-order chi connectivity index (χ1) is 19.1. The van der Waals surface area contributed by atoms with Crippen LogP contribution < -0.4 is 20.6 Å². The first-order valence-corrected chi connectivity index (χ1v) is 15.5. The molecule has 0 aliphatic carbocycles. The quantitative estimate of drug-likeness (QED) is 0.315. The average Bonchev–Trinajstić information content (AvgIpc) is 3.25. The molecule has 14 heteroatoms. The summed E-state index contributed by atoms with van der Waals surface area (Å²) in [6.07, 6.45) is -2.10. The fourth-order valence-corrected chi connectivity index (χ4v) is 9.81. The number of piperazine rings is 1. The Kier molecular flexibility index (Phi) is 7.18. The van der Waals surface area contributed by atoms with Crippen molar-refractivity contribution in [3.63, 3.8) is 0 Å². The van der Waals surface area contributed by atoms with Crippen molar-refractivity contribution in [3.8, 4) is 6.01 Å². The van der Waals surface area contributed by atoms with Crippen LogP contribution in [-0.4, -0.2) is 56.5 Å². The first kappa shape index (κ1) is 27.3. The van der Waals surface area contributed by atoms with Crippen molar-refractivity contribution >= 4 is 50.6 Å². The van der Waals surface area contributed by atoms with Crippen molar-refractivity contribution in [2.45, 2.75) is 53.9 Å². The van der Waals surface area contributed by atoms with E-state index in [4.69, 9.17) is 16.3 Å². The van der Waals surface area contributed by atoms with Gasteiger partial charge in [-0.2, -0.15) is 29.1 Å². The van der Waals surface area contributed by atoms with Gasteiger partial charge < -0.3 is 15.0 Å². The van der Waals surface area contributed by atoms with E-state index in [1.165, 1.54) is 22.0 Å². The summed E-state index contributed by atoms with van der Waals surface area (Å²) >= 11 is 7.67. The molecule has 1 N–H and O–H groups in total. The number of aromatic nitrogens is 4. The van der Waals surface area contributed by atoms with Crippen LogP contribution >= 0.6 is 33.8 Å². The predicted molar refractivity (Wildman–Crippen MR) is 151 cm³/mol. The highest BCUT2D eigenvalue weighted by atomic mass is 35.5. The molecule has 1 saturated heterocycles. The Balaban J connectivity index is 1.61. The minimum Gasteiger partial charge on any atom is -0.457 e. The molecule has 8 nitrogen and oxygen atoms in total. The standard InChI is InChI=1S/C26H26ClF3N6O2S2/c1-14-9-35(10-15(2)33-14)23-19-6-16(26(28,29)30)7-20-22(19)36(25(37)34-23)11-18(38-24-31-4-3-5-32-24)13-40(20)21-8-17(27)12-39-21/h3-8,12,14-15,18,33,40H,9-11,13H2,1-2H3/t14-,15+,18-/m0/s1. The van der Waals surface area contributed by atoms with E-state index >= 15 is 0 Å². The normalized spacial score (nSPS) is 24.2. The highest BCUT2D eigenvalue weighted by Gasteiger charge is 2.37. The first-order valence-electron chi connectivity index (χ1n) is 12.7. The third-order valence-electron chi connectivity index (χ3n) is 6.91. The van der Waals surface area contributed by atoms with Gasteiger partial charge in [-0.05, 0) is 38.1 Å². The summed E-state index contributed by atoms with van der Waals surface area (Å²) < 4.78 is 51.5. The third-order valence-corrected chi connectivity index (χ3v) is 11.3. The lowest BCUT2D eigenvalue weighted by molar-refractivity contribution is -0.137. The number of nitrogens with one attached hydrogen (secondary N) is 1. The zero-order valence-electron chi connectivity index (χ0n) is 21.5. The fraction of sp³-hybridized carbons (Fsp3) is 0.385. The van der Waals surface area contributed by atoms with Crippen LogP contribution in [-0.2, 0) is 12.7 Å². The predicted octanol–water partition coefficient (Wildman–Crippen LogP) is 4.99. The highest BCUT2D eigenvalue weighted by molar-refractivity contribution is 8.18. The van der Waals surface area contributed by atoms with Crippen LogP contribution in [0.5, 0.6) is 6.01 Å². The Hall–Kier alpha value is -2.87. The third kappa shape index (κ3) is 5.27. The molecule has 2 aliphatic rings. The number of hydrogen-bond donors (Lipinski definition) is 2.